The Bertz CT molecular complexity index is 1160. The number of ketones is 2. The Balaban J connectivity index is 1.74. The van der Waals surface area contributed by atoms with Crippen molar-refractivity contribution >= 4 is 23.2 Å². The first-order chi connectivity index (χ1) is 15.7. The number of carbonyl (C=O) groups is 2. The highest BCUT2D eigenvalue weighted by atomic mass is 35.5. The van der Waals surface area contributed by atoms with Crippen LogP contribution in [0.5, 0.6) is 0 Å². The molecule has 1 aliphatic rings. The molecule has 0 saturated carbocycles. The number of aromatic nitrogens is 1. The third-order valence-corrected chi connectivity index (χ3v) is 6.75. The number of benzene rings is 1. The molecular formula is C27H29ClFNO3. The maximum atomic E-state index is 14.9. The van der Waals surface area contributed by atoms with Crippen LogP contribution >= 0.6 is 11.6 Å². The van der Waals surface area contributed by atoms with Gasteiger partial charge in [-0.25, -0.2) is 4.39 Å². The number of halogens is 2. The fourth-order valence-corrected chi connectivity index (χ4v) is 4.32. The van der Waals surface area contributed by atoms with Gasteiger partial charge in [-0.1, -0.05) is 44.5 Å². The lowest BCUT2D eigenvalue weighted by Crippen LogP contribution is -2.20. The fraction of sp³-hybridized carbons (Fsp3) is 0.370. The molecule has 0 bridgehead atoms. The van der Waals surface area contributed by atoms with Gasteiger partial charge in [0.1, 0.15) is 5.82 Å². The Morgan fingerprint density at radius 2 is 1.94 bits per heavy atom. The number of aryl methyl sites for hydroxylation is 1. The molecule has 3 atom stereocenters. The van der Waals surface area contributed by atoms with Crippen LogP contribution in [-0.4, -0.2) is 16.1 Å². The predicted octanol–water partition coefficient (Wildman–Crippen LogP) is 5.55. The quantitative estimate of drug-likeness (QED) is 0.509. The summed E-state index contributed by atoms with van der Waals surface area (Å²) in [6.07, 6.45) is 8.11. The van der Waals surface area contributed by atoms with E-state index in [0.717, 1.165) is 6.42 Å². The van der Waals surface area contributed by atoms with Gasteiger partial charge in [0.25, 0.3) is 5.56 Å². The number of pyridine rings is 1. The molecule has 1 aromatic carbocycles. The van der Waals surface area contributed by atoms with Crippen LogP contribution in [0.4, 0.5) is 4.39 Å². The molecule has 0 aliphatic heterocycles. The van der Waals surface area contributed by atoms with E-state index in [9.17, 15) is 18.8 Å². The largest absolute Gasteiger partial charge is 0.311 e. The minimum absolute atomic E-state index is 0.0417. The average Bonchev–Trinajstić information content (AvgIpc) is 2.93. The number of allylic oxidation sites excluding steroid dienone is 4. The van der Waals surface area contributed by atoms with E-state index in [2.05, 4.69) is 0 Å². The van der Waals surface area contributed by atoms with Gasteiger partial charge in [0.15, 0.2) is 11.6 Å². The molecule has 0 N–H and O–H groups in total. The van der Waals surface area contributed by atoms with Gasteiger partial charge in [-0.3, -0.25) is 14.4 Å². The molecule has 3 rings (SSSR count). The molecule has 0 amide bonds. The predicted molar refractivity (Wildman–Crippen MR) is 129 cm³/mol. The topological polar surface area (TPSA) is 56.1 Å². The van der Waals surface area contributed by atoms with Crippen LogP contribution in [0.3, 0.4) is 0 Å². The highest BCUT2D eigenvalue weighted by Crippen LogP contribution is 2.29. The lowest BCUT2D eigenvalue weighted by Gasteiger charge is -2.19. The van der Waals surface area contributed by atoms with Gasteiger partial charge in [0.05, 0.1) is 6.54 Å². The summed E-state index contributed by atoms with van der Waals surface area (Å²) in [7, 11) is 0. The number of Topliss-reactive ketones (excluding diaryl/α,β-unsaturated/α-hetero) is 1. The summed E-state index contributed by atoms with van der Waals surface area (Å²) in [5, 5.41) is 0.378. The molecule has 3 unspecified atom stereocenters. The second-order valence-corrected chi connectivity index (χ2v) is 9.14. The van der Waals surface area contributed by atoms with Gasteiger partial charge >= 0.3 is 0 Å². The van der Waals surface area contributed by atoms with Gasteiger partial charge in [-0.15, -0.1) is 0 Å². The fourth-order valence-electron chi connectivity index (χ4n) is 4.08. The zero-order chi connectivity index (χ0) is 24.1. The molecule has 174 valence electrons. The molecule has 0 saturated heterocycles. The first kappa shape index (κ1) is 24.8. The molecule has 1 aromatic heterocycles. The molecule has 2 aromatic rings. The maximum Gasteiger partial charge on any atom is 0.250 e. The zero-order valence-electron chi connectivity index (χ0n) is 19.2. The lowest BCUT2D eigenvalue weighted by molar-refractivity contribution is -0.119. The number of rotatable bonds is 8. The Kier molecular flexibility index (Phi) is 8.20. The Morgan fingerprint density at radius 1 is 1.18 bits per heavy atom. The Hall–Kier alpha value is -2.79. The van der Waals surface area contributed by atoms with Crippen LogP contribution in [0.15, 0.2) is 65.1 Å². The van der Waals surface area contributed by atoms with Crippen LogP contribution in [0.2, 0.25) is 5.02 Å². The van der Waals surface area contributed by atoms with Crippen LogP contribution in [0.1, 0.15) is 44.7 Å². The number of hydrogen-bond donors (Lipinski definition) is 0. The summed E-state index contributed by atoms with van der Waals surface area (Å²) in [4.78, 5) is 37.2. The van der Waals surface area contributed by atoms with Crippen LogP contribution < -0.4 is 5.56 Å². The first-order valence-electron chi connectivity index (χ1n) is 11.3. The second kappa shape index (κ2) is 10.9. The average molecular weight is 470 g/mol. The van der Waals surface area contributed by atoms with E-state index in [1.807, 2.05) is 26.8 Å². The van der Waals surface area contributed by atoms with Crippen LogP contribution in [-0.2, 0) is 22.6 Å². The summed E-state index contributed by atoms with van der Waals surface area (Å²) in [6.45, 7) is 5.94. The zero-order valence-corrected chi connectivity index (χ0v) is 19.9. The third-order valence-electron chi connectivity index (χ3n) is 6.39. The molecule has 1 heterocycles. The normalized spacial score (nSPS) is 19.2. The van der Waals surface area contributed by atoms with E-state index in [0.29, 0.717) is 34.6 Å². The molecule has 4 nitrogen and oxygen atoms in total. The molecular weight excluding hydrogens is 441 g/mol. The van der Waals surface area contributed by atoms with Crippen molar-refractivity contribution in [2.75, 3.05) is 0 Å². The van der Waals surface area contributed by atoms with Crippen molar-refractivity contribution in [3.63, 3.8) is 0 Å². The molecule has 0 spiro atoms. The Labute approximate surface area is 198 Å². The van der Waals surface area contributed by atoms with E-state index in [1.165, 1.54) is 22.8 Å². The number of nitrogens with zero attached hydrogens (tertiary/aromatic N) is 1. The highest BCUT2D eigenvalue weighted by Gasteiger charge is 2.27. The first-order valence-corrected chi connectivity index (χ1v) is 11.7. The van der Waals surface area contributed by atoms with E-state index >= 15 is 0 Å². The van der Waals surface area contributed by atoms with Crippen LogP contribution in [0.25, 0.3) is 0 Å². The van der Waals surface area contributed by atoms with Crippen molar-refractivity contribution in [3.8, 4) is 0 Å². The van der Waals surface area contributed by atoms with Crippen molar-refractivity contribution in [2.45, 2.75) is 46.6 Å². The van der Waals surface area contributed by atoms with E-state index < -0.39 is 5.82 Å². The summed E-state index contributed by atoms with van der Waals surface area (Å²) >= 11 is 6.40. The van der Waals surface area contributed by atoms with Gasteiger partial charge in [0, 0.05) is 34.7 Å². The maximum absolute atomic E-state index is 14.9. The van der Waals surface area contributed by atoms with Crippen molar-refractivity contribution in [2.24, 2.45) is 17.8 Å². The van der Waals surface area contributed by atoms with Gasteiger partial charge < -0.3 is 4.57 Å². The van der Waals surface area contributed by atoms with Crippen molar-refractivity contribution in [3.05, 3.63) is 92.7 Å². The summed E-state index contributed by atoms with van der Waals surface area (Å²) < 4.78 is 16.3. The summed E-state index contributed by atoms with van der Waals surface area (Å²) in [5.74, 6) is -1.01. The van der Waals surface area contributed by atoms with Gasteiger partial charge in [-0.05, 0) is 66.7 Å². The van der Waals surface area contributed by atoms with E-state index in [4.69, 9.17) is 11.6 Å². The molecule has 6 heteroatoms. The summed E-state index contributed by atoms with van der Waals surface area (Å²) in [5.41, 5.74) is 1.33. The van der Waals surface area contributed by atoms with E-state index in [1.54, 1.807) is 30.5 Å². The molecule has 0 fully saturated rings. The van der Waals surface area contributed by atoms with Crippen molar-refractivity contribution in [1.82, 2.24) is 4.57 Å². The smallest absolute Gasteiger partial charge is 0.250 e. The van der Waals surface area contributed by atoms with Crippen LogP contribution in [0, 0.1) is 23.6 Å². The van der Waals surface area contributed by atoms with Crippen molar-refractivity contribution < 1.29 is 14.0 Å². The standard InChI is InChI=1S/C27H29ClFNO3/c1-4-17(2)27(33)20-9-11-25(31)22(18(3)13-20)10-8-19-14-23(28)21(15-24(19)29)16-30-12-6-5-7-26(30)32/h5-7,9,11-15,17-18,22H,4,8,10,16H2,1-3H3. The van der Waals surface area contributed by atoms with E-state index in [-0.39, 0.29) is 41.4 Å². The van der Waals surface area contributed by atoms with Gasteiger partial charge in [-0.2, -0.15) is 0 Å². The highest BCUT2D eigenvalue weighted by molar-refractivity contribution is 6.31. The summed E-state index contributed by atoms with van der Waals surface area (Å²) in [6, 6.07) is 7.76. The Morgan fingerprint density at radius 3 is 2.64 bits per heavy atom. The van der Waals surface area contributed by atoms with Crippen molar-refractivity contribution in [1.29, 1.82) is 0 Å². The number of carbonyl (C=O) groups excluding carboxylic acids is 2. The molecule has 0 radical (unpaired) electrons. The molecule has 33 heavy (non-hydrogen) atoms. The monoisotopic (exact) mass is 469 g/mol. The minimum Gasteiger partial charge on any atom is -0.311 e. The molecule has 1 aliphatic carbocycles. The third kappa shape index (κ3) is 5.97. The minimum atomic E-state index is -0.411. The SMILES string of the molecule is CCC(C)C(=O)C1=CC(C)C(CCc2cc(Cl)c(Cn3ccccc3=O)cc2F)C(=O)C=C1. The van der Waals surface area contributed by atoms with Gasteiger partial charge in [0.2, 0.25) is 0 Å². The second-order valence-electron chi connectivity index (χ2n) is 8.74. The lowest BCUT2D eigenvalue weighted by atomic mass is 9.84. The number of hydrogen-bond acceptors (Lipinski definition) is 3.